The maximum absolute atomic E-state index is 12.8. The second kappa shape index (κ2) is 5.35. The number of benzene rings is 1. The first-order chi connectivity index (χ1) is 10.2. The van der Waals surface area contributed by atoms with E-state index in [1.165, 1.54) is 5.56 Å². The maximum atomic E-state index is 12.8. The number of anilines is 1. The maximum Gasteiger partial charge on any atom is 0.236 e. The van der Waals surface area contributed by atoms with Crippen LogP contribution < -0.4 is 5.32 Å². The zero-order valence-electron chi connectivity index (χ0n) is 12.6. The number of carbonyl (C=O) groups excluding carboxylic acids is 1. The number of hydrogen-bond acceptors (Lipinski definition) is 2. The molecule has 2 aromatic rings. The van der Waals surface area contributed by atoms with Crippen molar-refractivity contribution in [3.63, 3.8) is 0 Å². The third-order valence-corrected chi connectivity index (χ3v) is 4.55. The van der Waals surface area contributed by atoms with E-state index < -0.39 is 0 Å². The zero-order chi connectivity index (χ0) is 14.9. The molecule has 1 fully saturated rings. The molecule has 21 heavy (non-hydrogen) atoms. The molecule has 0 atom stereocenters. The van der Waals surface area contributed by atoms with Gasteiger partial charge in [0.2, 0.25) is 5.91 Å². The summed E-state index contributed by atoms with van der Waals surface area (Å²) in [7, 11) is 0. The smallest absolute Gasteiger partial charge is 0.236 e. The van der Waals surface area contributed by atoms with Gasteiger partial charge in [-0.15, -0.1) is 0 Å². The first-order valence-electron chi connectivity index (χ1n) is 7.56. The molecule has 1 aliphatic carbocycles. The number of aromatic amines is 1. The number of aryl methyl sites for hydroxylation is 2. The SMILES string of the molecule is CCc1cn[nH]c1NC(=O)C1(c2cccc(C)c2)CCC1. The fourth-order valence-electron chi connectivity index (χ4n) is 3.04. The van der Waals surface area contributed by atoms with Gasteiger partial charge in [-0.3, -0.25) is 9.89 Å². The Balaban J connectivity index is 1.88. The average Bonchev–Trinajstić information content (AvgIpc) is 2.84. The molecule has 4 heteroatoms. The van der Waals surface area contributed by atoms with Crippen LogP contribution in [0.25, 0.3) is 0 Å². The molecule has 3 rings (SSSR count). The molecule has 0 spiro atoms. The van der Waals surface area contributed by atoms with Crippen LogP contribution in [0.5, 0.6) is 0 Å². The quantitative estimate of drug-likeness (QED) is 0.904. The summed E-state index contributed by atoms with van der Waals surface area (Å²) in [5, 5.41) is 9.95. The van der Waals surface area contributed by atoms with E-state index in [9.17, 15) is 4.79 Å². The summed E-state index contributed by atoms with van der Waals surface area (Å²) in [5.41, 5.74) is 3.00. The number of nitrogens with zero attached hydrogens (tertiary/aromatic N) is 1. The number of amides is 1. The Labute approximate surface area is 125 Å². The highest BCUT2D eigenvalue weighted by atomic mass is 16.2. The van der Waals surface area contributed by atoms with Gasteiger partial charge in [0.1, 0.15) is 5.82 Å². The van der Waals surface area contributed by atoms with Crippen molar-refractivity contribution in [3.8, 4) is 0 Å². The molecule has 1 aliphatic rings. The van der Waals surface area contributed by atoms with Crippen LogP contribution in [-0.4, -0.2) is 16.1 Å². The van der Waals surface area contributed by atoms with Crippen molar-refractivity contribution in [3.05, 3.63) is 47.2 Å². The molecule has 1 heterocycles. The monoisotopic (exact) mass is 283 g/mol. The second-order valence-corrected chi connectivity index (χ2v) is 5.88. The van der Waals surface area contributed by atoms with Crippen LogP contribution in [0.15, 0.2) is 30.5 Å². The fourth-order valence-corrected chi connectivity index (χ4v) is 3.04. The lowest BCUT2D eigenvalue weighted by atomic mass is 9.63. The Morgan fingerprint density at radius 3 is 2.86 bits per heavy atom. The number of rotatable bonds is 4. The predicted octanol–water partition coefficient (Wildman–Crippen LogP) is 3.34. The highest BCUT2D eigenvalue weighted by Gasteiger charge is 2.45. The summed E-state index contributed by atoms with van der Waals surface area (Å²) >= 11 is 0. The molecule has 1 aromatic carbocycles. The van der Waals surface area contributed by atoms with Crippen LogP contribution in [0.3, 0.4) is 0 Å². The summed E-state index contributed by atoms with van der Waals surface area (Å²) in [5.74, 6) is 0.819. The third kappa shape index (κ3) is 2.35. The minimum atomic E-state index is -0.373. The largest absolute Gasteiger partial charge is 0.310 e. The van der Waals surface area contributed by atoms with Gasteiger partial charge in [0, 0.05) is 5.56 Å². The number of hydrogen-bond donors (Lipinski definition) is 2. The molecule has 0 saturated heterocycles. The van der Waals surface area contributed by atoms with Crippen LogP contribution in [0.1, 0.15) is 42.9 Å². The summed E-state index contributed by atoms with van der Waals surface area (Å²) in [6.07, 6.45) is 5.56. The second-order valence-electron chi connectivity index (χ2n) is 5.88. The fraction of sp³-hybridized carbons (Fsp3) is 0.412. The van der Waals surface area contributed by atoms with E-state index in [0.717, 1.165) is 42.6 Å². The van der Waals surface area contributed by atoms with Crippen LogP contribution in [0.4, 0.5) is 5.82 Å². The summed E-state index contributed by atoms with van der Waals surface area (Å²) in [6, 6.07) is 8.30. The van der Waals surface area contributed by atoms with Gasteiger partial charge in [-0.2, -0.15) is 5.10 Å². The van der Waals surface area contributed by atoms with Crippen LogP contribution in [0.2, 0.25) is 0 Å². The average molecular weight is 283 g/mol. The molecule has 0 aliphatic heterocycles. The van der Waals surface area contributed by atoms with Crippen LogP contribution in [-0.2, 0) is 16.6 Å². The van der Waals surface area contributed by atoms with E-state index in [1.807, 2.05) is 6.07 Å². The minimum absolute atomic E-state index is 0.0818. The van der Waals surface area contributed by atoms with Crippen molar-refractivity contribution in [1.82, 2.24) is 10.2 Å². The Hall–Kier alpha value is -2.10. The highest BCUT2D eigenvalue weighted by molar-refractivity contribution is 5.99. The molecule has 1 aromatic heterocycles. The van der Waals surface area contributed by atoms with E-state index in [0.29, 0.717) is 0 Å². The summed E-state index contributed by atoms with van der Waals surface area (Å²) in [4.78, 5) is 12.8. The lowest BCUT2D eigenvalue weighted by molar-refractivity contribution is -0.124. The molecule has 1 saturated carbocycles. The lowest BCUT2D eigenvalue weighted by Crippen LogP contribution is -2.46. The third-order valence-electron chi connectivity index (χ3n) is 4.55. The van der Waals surface area contributed by atoms with Gasteiger partial charge in [0.25, 0.3) is 0 Å². The van der Waals surface area contributed by atoms with Crippen molar-refractivity contribution >= 4 is 11.7 Å². The van der Waals surface area contributed by atoms with Gasteiger partial charge in [0.15, 0.2) is 0 Å². The van der Waals surface area contributed by atoms with E-state index in [4.69, 9.17) is 0 Å². The minimum Gasteiger partial charge on any atom is -0.310 e. The Morgan fingerprint density at radius 1 is 1.43 bits per heavy atom. The highest BCUT2D eigenvalue weighted by Crippen LogP contribution is 2.44. The number of aromatic nitrogens is 2. The first-order valence-corrected chi connectivity index (χ1v) is 7.56. The first kappa shape index (κ1) is 13.9. The normalized spacial score (nSPS) is 16.3. The van der Waals surface area contributed by atoms with E-state index in [2.05, 4.69) is 47.6 Å². The van der Waals surface area contributed by atoms with E-state index in [-0.39, 0.29) is 11.3 Å². The topological polar surface area (TPSA) is 57.8 Å². The van der Waals surface area contributed by atoms with Gasteiger partial charge < -0.3 is 5.32 Å². The molecule has 0 radical (unpaired) electrons. The van der Waals surface area contributed by atoms with Crippen LogP contribution in [0, 0.1) is 6.92 Å². The van der Waals surface area contributed by atoms with Crippen molar-refractivity contribution in [1.29, 1.82) is 0 Å². The van der Waals surface area contributed by atoms with Gasteiger partial charge >= 0.3 is 0 Å². The van der Waals surface area contributed by atoms with E-state index in [1.54, 1.807) is 6.20 Å². The summed E-state index contributed by atoms with van der Waals surface area (Å²) < 4.78 is 0. The molecule has 1 amide bonds. The standard InChI is InChI=1S/C17H21N3O/c1-3-13-11-18-20-15(13)19-16(21)17(8-5-9-17)14-7-4-6-12(2)10-14/h4,6-7,10-11H,3,5,8-9H2,1-2H3,(H2,18,19,20,21). The molecule has 4 nitrogen and oxygen atoms in total. The van der Waals surface area contributed by atoms with Crippen LogP contribution >= 0.6 is 0 Å². The molecular weight excluding hydrogens is 262 g/mol. The Kier molecular flexibility index (Phi) is 3.53. The Bertz CT molecular complexity index is 656. The lowest BCUT2D eigenvalue weighted by Gasteiger charge is -2.40. The molecular formula is C17H21N3O. The Morgan fingerprint density at radius 2 is 2.24 bits per heavy atom. The number of carbonyl (C=O) groups is 1. The van der Waals surface area contributed by atoms with Gasteiger partial charge in [-0.25, -0.2) is 0 Å². The van der Waals surface area contributed by atoms with Gasteiger partial charge in [-0.1, -0.05) is 43.2 Å². The number of H-pyrrole nitrogens is 1. The van der Waals surface area contributed by atoms with Gasteiger partial charge in [-0.05, 0) is 31.7 Å². The molecule has 2 N–H and O–H groups in total. The van der Waals surface area contributed by atoms with E-state index >= 15 is 0 Å². The van der Waals surface area contributed by atoms with Gasteiger partial charge in [0.05, 0.1) is 11.6 Å². The van der Waals surface area contributed by atoms with Crippen molar-refractivity contribution in [2.24, 2.45) is 0 Å². The molecule has 0 unspecified atom stereocenters. The number of nitrogens with one attached hydrogen (secondary N) is 2. The van der Waals surface area contributed by atoms with Crippen molar-refractivity contribution in [2.75, 3.05) is 5.32 Å². The predicted molar refractivity (Wildman–Crippen MR) is 83.3 cm³/mol. The molecule has 0 bridgehead atoms. The zero-order valence-corrected chi connectivity index (χ0v) is 12.6. The van der Waals surface area contributed by atoms with Crippen molar-refractivity contribution < 1.29 is 4.79 Å². The summed E-state index contributed by atoms with van der Waals surface area (Å²) in [6.45, 7) is 4.12. The van der Waals surface area contributed by atoms with Crippen molar-refractivity contribution in [2.45, 2.75) is 44.9 Å². The molecule has 110 valence electrons.